The number of hydrogen-bond donors (Lipinski definition) is 2. The summed E-state index contributed by atoms with van der Waals surface area (Å²) < 4.78 is 78.9. The van der Waals surface area contributed by atoms with E-state index in [-0.39, 0.29) is 22.9 Å². The highest BCUT2D eigenvalue weighted by Gasteiger charge is 2.50. The highest BCUT2D eigenvalue weighted by atomic mass is 32.2. The van der Waals surface area contributed by atoms with Crippen molar-refractivity contribution in [1.82, 2.24) is 10.9 Å². The minimum atomic E-state index is -4.36. The van der Waals surface area contributed by atoms with Gasteiger partial charge in [-0.3, -0.25) is 0 Å². The number of nitrogens with zero attached hydrogens (tertiary/aromatic N) is 2. The molecule has 0 spiro atoms. The van der Waals surface area contributed by atoms with Gasteiger partial charge in [0.05, 0.1) is 22.9 Å². The number of nitrogens with one attached hydrogen (secondary N) is 2. The monoisotopic (exact) mass is 482 g/mol. The molecule has 0 saturated carbocycles. The molecule has 0 saturated heterocycles. The fourth-order valence-electron chi connectivity index (χ4n) is 3.35. The van der Waals surface area contributed by atoms with Gasteiger partial charge in [0.1, 0.15) is 10.5 Å². The lowest BCUT2D eigenvalue weighted by Gasteiger charge is -2.19. The van der Waals surface area contributed by atoms with Crippen molar-refractivity contribution in [2.45, 2.75) is 20.3 Å². The van der Waals surface area contributed by atoms with Crippen molar-refractivity contribution in [1.29, 1.82) is 0 Å². The SMILES string of the molecule is O=S(=O)(C1=NNCC1S(=O)(=O)C1CNN=C1S(=O)(=O)c1ccccc1)c1ccccc1. The highest BCUT2D eigenvalue weighted by molar-refractivity contribution is 8.11. The second kappa shape index (κ2) is 7.73. The predicted molar refractivity (Wildman–Crippen MR) is 115 cm³/mol. The predicted octanol–water partition coefficient (Wildman–Crippen LogP) is -0.0804. The first-order valence-corrected chi connectivity index (χ1v) is 13.7. The normalized spacial score (nSPS) is 21.7. The summed E-state index contributed by atoms with van der Waals surface area (Å²) in [5.41, 5.74) is 4.87. The minimum absolute atomic E-state index is 0.104. The molecule has 10 nitrogen and oxygen atoms in total. The maximum absolute atomic E-state index is 13.4. The van der Waals surface area contributed by atoms with Crippen LogP contribution in [-0.2, 0) is 29.5 Å². The van der Waals surface area contributed by atoms with Gasteiger partial charge in [0.15, 0.2) is 19.9 Å². The molecule has 4 rings (SSSR count). The van der Waals surface area contributed by atoms with Gasteiger partial charge in [0.2, 0.25) is 19.7 Å². The molecule has 0 bridgehead atoms. The zero-order valence-corrected chi connectivity index (χ0v) is 18.4. The van der Waals surface area contributed by atoms with Gasteiger partial charge in [-0.25, -0.2) is 25.3 Å². The second-order valence-corrected chi connectivity index (χ2v) is 12.9. The molecule has 2 N–H and O–H groups in total. The fourth-order valence-corrected chi connectivity index (χ4v) is 9.34. The number of benzene rings is 2. The summed E-state index contributed by atoms with van der Waals surface area (Å²) in [6.45, 7) is -0.586. The Kier molecular flexibility index (Phi) is 5.35. The highest BCUT2D eigenvalue weighted by Crippen LogP contribution is 2.27. The van der Waals surface area contributed by atoms with Crippen LogP contribution in [0.1, 0.15) is 0 Å². The average molecular weight is 483 g/mol. The van der Waals surface area contributed by atoms with Gasteiger partial charge in [0, 0.05) is 0 Å². The Bertz CT molecular complexity index is 1270. The fraction of sp³-hybridized carbons (Fsp3) is 0.222. The molecule has 2 aromatic rings. The van der Waals surface area contributed by atoms with E-state index in [2.05, 4.69) is 21.1 Å². The number of hydrogen-bond acceptors (Lipinski definition) is 10. The Morgan fingerprint density at radius 1 is 0.613 bits per heavy atom. The van der Waals surface area contributed by atoms with Gasteiger partial charge in [-0.1, -0.05) is 36.4 Å². The lowest BCUT2D eigenvalue weighted by Crippen LogP contribution is -2.46. The summed E-state index contributed by atoms with van der Waals surface area (Å²) in [6.07, 6.45) is 0. The Morgan fingerprint density at radius 3 is 1.32 bits per heavy atom. The lowest BCUT2D eigenvalue weighted by atomic mass is 10.4. The zero-order chi connectivity index (χ0) is 22.3. The van der Waals surface area contributed by atoms with Gasteiger partial charge in [0.25, 0.3) is 0 Å². The van der Waals surface area contributed by atoms with Gasteiger partial charge < -0.3 is 10.9 Å². The first kappa shape index (κ1) is 21.5. The molecule has 13 heteroatoms. The molecular formula is C18H18N4O6S3. The van der Waals surface area contributed by atoms with E-state index in [0.29, 0.717) is 0 Å². The first-order chi connectivity index (χ1) is 14.7. The van der Waals surface area contributed by atoms with E-state index in [4.69, 9.17) is 0 Å². The van der Waals surface area contributed by atoms with E-state index in [0.717, 1.165) is 0 Å². The lowest BCUT2D eigenvalue weighted by molar-refractivity contribution is 0.580. The molecule has 2 aliphatic heterocycles. The van der Waals surface area contributed by atoms with Crippen molar-refractivity contribution < 1.29 is 25.3 Å². The molecule has 164 valence electrons. The van der Waals surface area contributed by atoms with E-state index in [1.807, 2.05) is 0 Å². The largest absolute Gasteiger partial charge is 0.307 e. The van der Waals surface area contributed by atoms with Crippen molar-refractivity contribution in [3.63, 3.8) is 0 Å². The topological polar surface area (TPSA) is 151 Å². The van der Waals surface area contributed by atoms with Crippen molar-refractivity contribution in [2.75, 3.05) is 13.1 Å². The van der Waals surface area contributed by atoms with Crippen molar-refractivity contribution in [3.05, 3.63) is 60.7 Å². The summed E-state index contributed by atoms with van der Waals surface area (Å²) in [7, 11) is -12.8. The molecule has 2 aliphatic rings. The maximum atomic E-state index is 13.4. The van der Waals surface area contributed by atoms with Crippen molar-refractivity contribution in [2.24, 2.45) is 10.2 Å². The van der Waals surface area contributed by atoms with Crippen molar-refractivity contribution in [3.8, 4) is 0 Å². The standard InChI is InChI=1S/C18H18N4O6S3/c23-29(24,13-7-3-1-4-8-13)17-15(11-19-21-17)31(27,28)16-12-20-22-18(16)30(25,26)14-9-5-2-6-10-14/h1-10,15-16,19-20H,11-12H2. The second-order valence-electron chi connectivity index (χ2n) is 6.82. The number of hydrazone groups is 2. The summed E-state index contributed by atoms with van der Waals surface area (Å²) in [4.78, 5) is -0.207. The third kappa shape index (κ3) is 3.62. The van der Waals surface area contributed by atoms with Crippen LogP contribution in [0.5, 0.6) is 0 Å². The number of rotatable bonds is 4. The Balaban J connectivity index is 1.72. The van der Waals surface area contributed by atoms with Crippen LogP contribution >= 0.6 is 0 Å². The summed E-state index contributed by atoms with van der Waals surface area (Å²) >= 11 is 0. The van der Waals surface area contributed by atoms with E-state index in [1.54, 1.807) is 12.1 Å². The molecule has 0 aliphatic carbocycles. The molecule has 2 unspecified atom stereocenters. The molecule has 31 heavy (non-hydrogen) atoms. The Morgan fingerprint density at radius 2 is 0.968 bits per heavy atom. The van der Waals surface area contributed by atoms with Gasteiger partial charge in [-0.15, -0.1) is 0 Å². The van der Waals surface area contributed by atoms with E-state index < -0.39 is 50.1 Å². The molecular weight excluding hydrogens is 464 g/mol. The molecule has 2 aromatic carbocycles. The van der Waals surface area contributed by atoms with Crippen LogP contribution in [0.4, 0.5) is 0 Å². The van der Waals surface area contributed by atoms with E-state index in [9.17, 15) is 25.3 Å². The van der Waals surface area contributed by atoms with Crippen LogP contribution in [0.15, 0.2) is 80.7 Å². The Labute approximate surface area is 179 Å². The summed E-state index contributed by atoms with van der Waals surface area (Å²) in [5.74, 6) is 0. The zero-order valence-electron chi connectivity index (χ0n) is 15.9. The van der Waals surface area contributed by atoms with Gasteiger partial charge >= 0.3 is 0 Å². The smallest absolute Gasteiger partial charge is 0.223 e. The van der Waals surface area contributed by atoms with Crippen LogP contribution in [0.25, 0.3) is 0 Å². The van der Waals surface area contributed by atoms with Crippen LogP contribution in [0, 0.1) is 0 Å². The quantitative estimate of drug-likeness (QED) is 0.614. The third-order valence-electron chi connectivity index (χ3n) is 4.93. The first-order valence-electron chi connectivity index (χ1n) is 9.10. The molecule has 0 aromatic heterocycles. The van der Waals surface area contributed by atoms with Crippen LogP contribution in [0.2, 0.25) is 0 Å². The number of sulfone groups is 3. The average Bonchev–Trinajstić information content (AvgIpc) is 3.46. The minimum Gasteiger partial charge on any atom is -0.307 e. The summed E-state index contributed by atoms with van der Waals surface area (Å²) in [5, 5.41) is 3.23. The molecule has 0 fully saturated rings. The van der Waals surface area contributed by atoms with E-state index >= 15 is 0 Å². The molecule has 0 amide bonds. The van der Waals surface area contributed by atoms with Crippen LogP contribution in [0.3, 0.4) is 0 Å². The Hall–Kier alpha value is -2.77. The van der Waals surface area contributed by atoms with Crippen LogP contribution < -0.4 is 10.9 Å². The van der Waals surface area contributed by atoms with E-state index in [1.165, 1.54) is 48.5 Å². The molecule has 2 heterocycles. The van der Waals surface area contributed by atoms with Crippen molar-refractivity contribution >= 4 is 39.6 Å². The van der Waals surface area contributed by atoms with Gasteiger partial charge in [-0.2, -0.15) is 10.2 Å². The molecule has 2 atom stereocenters. The molecule has 0 radical (unpaired) electrons. The third-order valence-corrected chi connectivity index (χ3v) is 11.2. The van der Waals surface area contributed by atoms with Gasteiger partial charge in [-0.05, 0) is 24.3 Å². The maximum Gasteiger partial charge on any atom is 0.223 e. The van der Waals surface area contributed by atoms with Crippen LogP contribution in [-0.4, -0.2) is 58.9 Å². The summed E-state index contributed by atoms with van der Waals surface area (Å²) in [6, 6.07) is 14.7.